The molecular weight excluding hydrogens is 350 g/mol. The van der Waals surface area contributed by atoms with Gasteiger partial charge in [0.1, 0.15) is 5.69 Å². The van der Waals surface area contributed by atoms with E-state index in [1.54, 1.807) is 41.4 Å². The third kappa shape index (κ3) is 4.28. The summed E-state index contributed by atoms with van der Waals surface area (Å²) >= 11 is 0. The quantitative estimate of drug-likeness (QED) is 0.872. The molecule has 7 heteroatoms. The zero-order valence-corrected chi connectivity index (χ0v) is 15.6. The molecular formula is C19H23N3O3S. The maximum atomic E-state index is 12.5. The highest BCUT2D eigenvalue weighted by atomic mass is 32.2. The maximum absolute atomic E-state index is 12.5. The number of hydrogen-bond donors (Lipinski definition) is 1. The number of carbonyl (C=O) groups excluding carboxylic acids is 1. The summed E-state index contributed by atoms with van der Waals surface area (Å²) in [5.41, 5.74) is 1.52. The molecule has 0 saturated carbocycles. The molecule has 0 aliphatic carbocycles. The number of hydrogen-bond acceptors (Lipinski definition) is 4. The summed E-state index contributed by atoms with van der Waals surface area (Å²) in [7, 11) is -3.54. The molecule has 1 N–H and O–H groups in total. The average molecular weight is 373 g/mol. The first-order chi connectivity index (χ1) is 12.5. The van der Waals surface area contributed by atoms with Crippen LogP contribution in [0.2, 0.25) is 0 Å². The monoisotopic (exact) mass is 373 g/mol. The molecule has 138 valence electrons. The fourth-order valence-electron chi connectivity index (χ4n) is 3.04. The Bertz CT molecular complexity index is 843. The number of pyridine rings is 1. The Morgan fingerprint density at radius 2 is 1.85 bits per heavy atom. The molecule has 1 saturated heterocycles. The second-order valence-electron chi connectivity index (χ2n) is 6.40. The van der Waals surface area contributed by atoms with E-state index in [9.17, 15) is 13.2 Å². The molecule has 0 spiro atoms. The first-order valence-electron chi connectivity index (χ1n) is 8.81. The van der Waals surface area contributed by atoms with E-state index in [4.69, 9.17) is 0 Å². The van der Waals surface area contributed by atoms with Gasteiger partial charge in [-0.05, 0) is 49.1 Å². The lowest BCUT2D eigenvalue weighted by Crippen LogP contribution is -2.46. The standard InChI is InChI=1S/C19H23N3O3S/c1-2-15-6-8-17(9-7-15)26(24,25)21-16-10-13-22(14-11-16)19(23)18-5-3-4-12-20-18/h3-9,12,16,21H,2,10-11,13-14H2,1H3. The van der Waals surface area contributed by atoms with Gasteiger partial charge in [-0.1, -0.05) is 25.1 Å². The van der Waals surface area contributed by atoms with E-state index >= 15 is 0 Å². The van der Waals surface area contributed by atoms with Crippen LogP contribution < -0.4 is 4.72 Å². The Morgan fingerprint density at radius 3 is 2.42 bits per heavy atom. The van der Waals surface area contributed by atoms with Crippen LogP contribution in [0.1, 0.15) is 35.8 Å². The van der Waals surface area contributed by atoms with Gasteiger partial charge >= 0.3 is 0 Å². The van der Waals surface area contributed by atoms with E-state index in [2.05, 4.69) is 9.71 Å². The summed E-state index contributed by atoms with van der Waals surface area (Å²) < 4.78 is 27.8. The van der Waals surface area contributed by atoms with Crippen LogP contribution in [0.25, 0.3) is 0 Å². The van der Waals surface area contributed by atoms with Crippen molar-refractivity contribution in [2.45, 2.75) is 37.1 Å². The number of benzene rings is 1. The van der Waals surface area contributed by atoms with Gasteiger partial charge in [0, 0.05) is 25.3 Å². The van der Waals surface area contributed by atoms with Crippen LogP contribution in [-0.4, -0.2) is 43.3 Å². The highest BCUT2D eigenvalue weighted by Crippen LogP contribution is 2.17. The first kappa shape index (κ1) is 18.5. The predicted octanol–water partition coefficient (Wildman–Crippen LogP) is 2.23. The third-order valence-corrected chi connectivity index (χ3v) is 6.17. The van der Waals surface area contributed by atoms with Crippen molar-refractivity contribution in [1.29, 1.82) is 0 Å². The lowest BCUT2D eigenvalue weighted by Gasteiger charge is -2.32. The molecule has 1 amide bonds. The van der Waals surface area contributed by atoms with Crippen molar-refractivity contribution >= 4 is 15.9 Å². The van der Waals surface area contributed by atoms with Crippen molar-refractivity contribution in [3.63, 3.8) is 0 Å². The second kappa shape index (κ2) is 7.97. The van der Waals surface area contributed by atoms with Crippen molar-refractivity contribution in [3.8, 4) is 0 Å². The van der Waals surface area contributed by atoms with Crippen molar-refractivity contribution in [3.05, 3.63) is 59.9 Å². The van der Waals surface area contributed by atoms with Gasteiger partial charge in [0.2, 0.25) is 10.0 Å². The summed E-state index contributed by atoms with van der Waals surface area (Å²) in [6.07, 6.45) is 3.64. The molecule has 0 unspecified atom stereocenters. The van der Waals surface area contributed by atoms with Crippen LogP contribution in [0, 0.1) is 0 Å². The zero-order chi connectivity index (χ0) is 18.6. The van der Waals surface area contributed by atoms with Crippen LogP contribution in [0.15, 0.2) is 53.6 Å². The van der Waals surface area contributed by atoms with E-state index in [1.807, 2.05) is 19.1 Å². The molecule has 6 nitrogen and oxygen atoms in total. The summed E-state index contributed by atoms with van der Waals surface area (Å²) in [5, 5.41) is 0. The maximum Gasteiger partial charge on any atom is 0.272 e. The topological polar surface area (TPSA) is 79.4 Å². The normalized spacial score (nSPS) is 15.8. The van der Waals surface area contributed by atoms with Gasteiger partial charge in [-0.3, -0.25) is 9.78 Å². The number of piperidine rings is 1. The Morgan fingerprint density at radius 1 is 1.15 bits per heavy atom. The largest absolute Gasteiger partial charge is 0.337 e. The molecule has 0 radical (unpaired) electrons. The van der Waals surface area contributed by atoms with Crippen LogP contribution >= 0.6 is 0 Å². The predicted molar refractivity (Wildman–Crippen MR) is 99.3 cm³/mol. The van der Waals surface area contributed by atoms with Gasteiger partial charge < -0.3 is 4.90 Å². The molecule has 1 aromatic heterocycles. The van der Waals surface area contributed by atoms with Gasteiger partial charge in [0.15, 0.2) is 0 Å². The molecule has 1 aliphatic heterocycles. The van der Waals surface area contributed by atoms with Gasteiger partial charge in [0.05, 0.1) is 4.90 Å². The third-order valence-electron chi connectivity index (χ3n) is 4.63. The number of sulfonamides is 1. The number of aryl methyl sites for hydroxylation is 1. The molecule has 1 fully saturated rings. The number of carbonyl (C=O) groups is 1. The number of amides is 1. The van der Waals surface area contributed by atoms with Crippen LogP contribution in [0.3, 0.4) is 0 Å². The Labute approximate surface area is 154 Å². The number of likely N-dealkylation sites (tertiary alicyclic amines) is 1. The average Bonchev–Trinajstić information content (AvgIpc) is 2.68. The van der Waals surface area contributed by atoms with Crippen molar-refractivity contribution < 1.29 is 13.2 Å². The molecule has 1 aromatic carbocycles. The van der Waals surface area contributed by atoms with Gasteiger partial charge in [0.25, 0.3) is 5.91 Å². The fourth-order valence-corrected chi connectivity index (χ4v) is 4.35. The zero-order valence-electron chi connectivity index (χ0n) is 14.8. The van der Waals surface area contributed by atoms with E-state index < -0.39 is 10.0 Å². The van der Waals surface area contributed by atoms with Crippen LogP contribution in [0.4, 0.5) is 0 Å². The summed E-state index contributed by atoms with van der Waals surface area (Å²) in [6.45, 7) is 3.05. The summed E-state index contributed by atoms with van der Waals surface area (Å²) in [6, 6.07) is 12.0. The molecule has 2 heterocycles. The first-order valence-corrected chi connectivity index (χ1v) is 10.3. The molecule has 1 aliphatic rings. The minimum atomic E-state index is -3.54. The van der Waals surface area contributed by atoms with Gasteiger partial charge in [-0.15, -0.1) is 0 Å². The lowest BCUT2D eigenvalue weighted by molar-refractivity contribution is 0.0705. The minimum absolute atomic E-state index is 0.109. The number of aromatic nitrogens is 1. The van der Waals surface area contributed by atoms with Gasteiger partial charge in [-0.25, -0.2) is 13.1 Å². The summed E-state index contributed by atoms with van der Waals surface area (Å²) in [5.74, 6) is -0.109. The molecule has 26 heavy (non-hydrogen) atoms. The number of nitrogens with zero attached hydrogens (tertiary/aromatic N) is 2. The Kier molecular flexibility index (Phi) is 5.68. The molecule has 3 rings (SSSR count). The smallest absolute Gasteiger partial charge is 0.272 e. The van der Waals surface area contributed by atoms with Crippen molar-refractivity contribution in [2.24, 2.45) is 0 Å². The fraction of sp³-hybridized carbons (Fsp3) is 0.368. The van der Waals surface area contributed by atoms with Crippen LogP contribution in [-0.2, 0) is 16.4 Å². The Balaban J connectivity index is 1.58. The van der Waals surface area contributed by atoms with E-state index in [1.165, 1.54) is 0 Å². The van der Waals surface area contributed by atoms with Gasteiger partial charge in [-0.2, -0.15) is 0 Å². The molecule has 0 atom stereocenters. The van der Waals surface area contributed by atoms with Crippen LogP contribution in [0.5, 0.6) is 0 Å². The van der Waals surface area contributed by atoms with E-state index in [-0.39, 0.29) is 16.8 Å². The highest BCUT2D eigenvalue weighted by molar-refractivity contribution is 7.89. The molecule has 0 bridgehead atoms. The SMILES string of the molecule is CCc1ccc(S(=O)(=O)NC2CCN(C(=O)c3ccccn3)CC2)cc1. The summed E-state index contributed by atoms with van der Waals surface area (Å²) in [4.78, 5) is 18.5. The van der Waals surface area contributed by atoms with Crippen molar-refractivity contribution in [1.82, 2.24) is 14.6 Å². The molecule has 2 aromatic rings. The van der Waals surface area contributed by atoms with E-state index in [0.29, 0.717) is 31.6 Å². The number of rotatable bonds is 5. The Hall–Kier alpha value is -2.25. The van der Waals surface area contributed by atoms with Crippen molar-refractivity contribution in [2.75, 3.05) is 13.1 Å². The minimum Gasteiger partial charge on any atom is -0.337 e. The highest BCUT2D eigenvalue weighted by Gasteiger charge is 2.27. The van der Waals surface area contributed by atoms with E-state index in [0.717, 1.165) is 12.0 Å². The number of nitrogens with one attached hydrogen (secondary N) is 1. The second-order valence-corrected chi connectivity index (χ2v) is 8.11. The lowest BCUT2D eigenvalue weighted by atomic mass is 10.1.